The monoisotopic (exact) mass is 317 g/mol. The molecule has 0 aliphatic rings. The van der Waals surface area contributed by atoms with Crippen LogP contribution in [0.1, 0.15) is 16.7 Å². The maximum atomic E-state index is 4.50. The number of rotatable bonds is 2. The van der Waals surface area contributed by atoms with Crippen LogP contribution in [0.3, 0.4) is 0 Å². The molecular formula is C19H19N5. The van der Waals surface area contributed by atoms with Crippen LogP contribution in [0.15, 0.2) is 43.0 Å². The molecule has 4 aromatic rings. The Morgan fingerprint density at radius 3 is 2.42 bits per heavy atom. The molecule has 120 valence electrons. The van der Waals surface area contributed by atoms with Gasteiger partial charge in [-0.3, -0.25) is 0 Å². The number of fused-ring (bicyclic) bond motifs is 1. The molecule has 0 aliphatic carbocycles. The Balaban J connectivity index is 1.91. The standard InChI is InChI=1S/C19H19N5/c1-12-7-13(2)18(14(3)8-12)24-19(20-10-22-24)15-5-6-17-16(9-15)21-11-23(17)4/h5-11H,1-4H3. The highest BCUT2D eigenvalue weighted by Gasteiger charge is 2.14. The fraction of sp³-hybridized carbons (Fsp3) is 0.211. The number of benzene rings is 2. The molecule has 0 atom stereocenters. The molecule has 24 heavy (non-hydrogen) atoms. The molecule has 0 fully saturated rings. The first-order valence-corrected chi connectivity index (χ1v) is 7.94. The van der Waals surface area contributed by atoms with E-state index in [-0.39, 0.29) is 0 Å². The Morgan fingerprint density at radius 2 is 1.67 bits per heavy atom. The van der Waals surface area contributed by atoms with Crippen LogP contribution in [0.4, 0.5) is 0 Å². The Hall–Kier alpha value is -2.95. The average Bonchev–Trinajstić information content (AvgIpc) is 3.13. The van der Waals surface area contributed by atoms with Crippen molar-refractivity contribution in [3.63, 3.8) is 0 Å². The van der Waals surface area contributed by atoms with Gasteiger partial charge in [-0.05, 0) is 50.1 Å². The third-order valence-corrected chi connectivity index (χ3v) is 4.38. The predicted molar refractivity (Wildman–Crippen MR) is 95.3 cm³/mol. The molecule has 0 aliphatic heterocycles. The quantitative estimate of drug-likeness (QED) is 0.566. The maximum absolute atomic E-state index is 4.50. The van der Waals surface area contributed by atoms with Gasteiger partial charge >= 0.3 is 0 Å². The fourth-order valence-corrected chi connectivity index (χ4v) is 3.38. The van der Waals surface area contributed by atoms with E-state index in [1.165, 1.54) is 16.7 Å². The zero-order valence-electron chi connectivity index (χ0n) is 14.3. The smallest absolute Gasteiger partial charge is 0.163 e. The summed E-state index contributed by atoms with van der Waals surface area (Å²) in [5.41, 5.74) is 7.81. The molecule has 0 radical (unpaired) electrons. The number of nitrogens with zero attached hydrogens (tertiary/aromatic N) is 5. The highest BCUT2D eigenvalue weighted by Crippen LogP contribution is 2.27. The molecule has 0 saturated carbocycles. The molecule has 4 rings (SSSR count). The molecule has 2 heterocycles. The number of aryl methyl sites for hydroxylation is 4. The van der Waals surface area contributed by atoms with Gasteiger partial charge in [0.15, 0.2) is 5.82 Å². The predicted octanol–water partition coefficient (Wildman–Crippen LogP) is 3.75. The normalized spacial score (nSPS) is 11.3. The summed E-state index contributed by atoms with van der Waals surface area (Å²) in [4.78, 5) is 8.94. The van der Waals surface area contributed by atoms with E-state index in [9.17, 15) is 0 Å². The van der Waals surface area contributed by atoms with Gasteiger partial charge in [-0.1, -0.05) is 17.7 Å². The lowest BCUT2D eigenvalue weighted by Crippen LogP contribution is -2.05. The Bertz CT molecular complexity index is 1030. The van der Waals surface area contributed by atoms with E-state index in [4.69, 9.17) is 0 Å². The van der Waals surface area contributed by atoms with Crippen molar-refractivity contribution >= 4 is 11.0 Å². The first-order valence-electron chi connectivity index (χ1n) is 7.94. The van der Waals surface area contributed by atoms with E-state index >= 15 is 0 Å². The van der Waals surface area contributed by atoms with E-state index in [1.807, 2.05) is 22.6 Å². The van der Waals surface area contributed by atoms with Crippen molar-refractivity contribution in [2.24, 2.45) is 7.05 Å². The number of imidazole rings is 1. The molecule has 0 saturated heterocycles. The van der Waals surface area contributed by atoms with Gasteiger partial charge in [0, 0.05) is 12.6 Å². The molecule has 0 amide bonds. The molecule has 0 unspecified atom stereocenters. The number of hydrogen-bond donors (Lipinski definition) is 0. The van der Waals surface area contributed by atoms with E-state index in [0.29, 0.717) is 0 Å². The molecule has 2 aromatic heterocycles. The lowest BCUT2D eigenvalue weighted by molar-refractivity contribution is 0.870. The van der Waals surface area contributed by atoms with Crippen LogP contribution in [0.25, 0.3) is 28.1 Å². The van der Waals surface area contributed by atoms with Gasteiger partial charge in [0.2, 0.25) is 0 Å². The summed E-state index contributed by atoms with van der Waals surface area (Å²) in [7, 11) is 2.00. The number of hydrogen-bond acceptors (Lipinski definition) is 3. The van der Waals surface area contributed by atoms with Gasteiger partial charge in [-0.15, -0.1) is 0 Å². The summed E-state index contributed by atoms with van der Waals surface area (Å²) in [5, 5.41) is 4.48. The van der Waals surface area contributed by atoms with Gasteiger partial charge in [0.05, 0.1) is 23.0 Å². The van der Waals surface area contributed by atoms with Crippen molar-refractivity contribution in [2.45, 2.75) is 20.8 Å². The Labute approximate surface area is 140 Å². The van der Waals surface area contributed by atoms with Crippen molar-refractivity contribution in [1.29, 1.82) is 0 Å². The van der Waals surface area contributed by atoms with Crippen molar-refractivity contribution in [1.82, 2.24) is 24.3 Å². The second-order valence-electron chi connectivity index (χ2n) is 6.30. The maximum Gasteiger partial charge on any atom is 0.163 e. The first-order chi connectivity index (χ1) is 11.5. The highest BCUT2D eigenvalue weighted by atomic mass is 15.3. The summed E-state index contributed by atoms with van der Waals surface area (Å²) in [6.07, 6.45) is 3.43. The molecule has 2 aromatic carbocycles. The first kappa shape index (κ1) is 14.6. The highest BCUT2D eigenvalue weighted by molar-refractivity contribution is 5.81. The summed E-state index contributed by atoms with van der Waals surface area (Å²) in [6.45, 7) is 6.34. The zero-order valence-corrected chi connectivity index (χ0v) is 14.3. The van der Waals surface area contributed by atoms with Crippen LogP contribution in [0.5, 0.6) is 0 Å². The summed E-state index contributed by atoms with van der Waals surface area (Å²) < 4.78 is 3.94. The van der Waals surface area contributed by atoms with Crippen LogP contribution in [-0.2, 0) is 7.05 Å². The van der Waals surface area contributed by atoms with Crippen molar-refractivity contribution < 1.29 is 0 Å². The van der Waals surface area contributed by atoms with E-state index in [0.717, 1.165) is 28.1 Å². The van der Waals surface area contributed by atoms with Crippen LogP contribution in [0.2, 0.25) is 0 Å². The van der Waals surface area contributed by atoms with Gasteiger partial charge < -0.3 is 4.57 Å². The number of aromatic nitrogens is 5. The molecule has 5 heteroatoms. The minimum absolute atomic E-state index is 0.831. The van der Waals surface area contributed by atoms with Crippen LogP contribution in [-0.4, -0.2) is 24.3 Å². The van der Waals surface area contributed by atoms with Crippen molar-refractivity contribution in [3.05, 3.63) is 59.7 Å². The van der Waals surface area contributed by atoms with E-state index < -0.39 is 0 Å². The van der Waals surface area contributed by atoms with E-state index in [2.05, 4.69) is 66.2 Å². The molecule has 0 N–H and O–H groups in total. The van der Waals surface area contributed by atoms with E-state index in [1.54, 1.807) is 6.33 Å². The third-order valence-electron chi connectivity index (χ3n) is 4.38. The van der Waals surface area contributed by atoms with Crippen LogP contribution < -0.4 is 0 Å². The van der Waals surface area contributed by atoms with Crippen molar-refractivity contribution in [3.8, 4) is 17.1 Å². The van der Waals surface area contributed by atoms with Gasteiger partial charge in [0.25, 0.3) is 0 Å². The van der Waals surface area contributed by atoms with Gasteiger partial charge in [-0.25, -0.2) is 14.6 Å². The minimum atomic E-state index is 0.831. The summed E-state index contributed by atoms with van der Waals surface area (Å²) in [5.74, 6) is 0.831. The minimum Gasteiger partial charge on any atom is -0.334 e. The largest absolute Gasteiger partial charge is 0.334 e. The summed E-state index contributed by atoms with van der Waals surface area (Å²) in [6, 6.07) is 10.6. The topological polar surface area (TPSA) is 48.5 Å². The van der Waals surface area contributed by atoms with Gasteiger partial charge in [0.1, 0.15) is 6.33 Å². The SMILES string of the molecule is Cc1cc(C)c(-n2ncnc2-c2ccc3c(c2)ncn3C)c(C)c1. The lowest BCUT2D eigenvalue weighted by atomic mass is 10.0. The second-order valence-corrected chi connectivity index (χ2v) is 6.30. The molecule has 0 bridgehead atoms. The third kappa shape index (κ3) is 2.21. The Morgan fingerprint density at radius 1 is 0.917 bits per heavy atom. The molecule has 5 nitrogen and oxygen atoms in total. The average molecular weight is 317 g/mol. The van der Waals surface area contributed by atoms with Crippen molar-refractivity contribution in [2.75, 3.05) is 0 Å². The van der Waals surface area contributed by atoms with Gasteiger partial charge in [-0.2, -0.15) is 5.10 Å². The zero-order chi connectivity index (χ0) is 16.8. The second kappa shape index (κ2) is 5.30. The fourth-order valence-electron chi connectivity index (χ4n) is 3.38. The molecule has 0 spiro atoms. The van der Waals surface area contributed by atoms with Crippen LogP contribution in [0, 0.1) is 20.8 Å². The van der Waals surface area contributed by atoms with Crippen LogP contribution >= 0.6 is 0 Å². The lowest BCUT2D eigenvalue weighted by Gasteiger charge is -2.13. The molecular weight excluding hydrogens is 298 g/mol. The summed E-state index contributed by atoms with van der Waals surface area (Å²) >= 11 is 0. The Kier molecular flexibility index (Phi) is 3.23.